The summed E-state index contributed by atoms with van der Waals surface area (Å²) in [6, 6.07) is 15.5. The molecule has 29 heavy (non-hydrogen) atoms. The smallest absolute Gasteiger partial charge is 0.231 e. The zero-order valence-electron chi connectivity index (χ0n) is 17.6. The van der Waals surface area contributed by atoms with E-state index < -0.39 is 10.8 Å². The summed E-state index contributed by atoms with van der Waals surface area (Å²) in [5.41, 5.74) is 1.17. The van der Waals surface area contributed by atoms with E-state index in [4.69, 9.17) is 21.1 Å². The number of fused-ring (bicyclic) bond motifs is 1. The van der Waals surface area contributed by atoms with Gasteiger partial charge < -0.3 is 9.47 Å². The molecule has 0 fully saturated rings. The van der Waals surface area contributed by atoms with Crippen LogP contribution in [0, 0.1) is 0 Å². The molecular formula is C24H33ClO3S. The van der Waals surface area contributed by atoms with Gasteiger partial charge in [-0.15, -0.1) is 0 Å². The third-order valence-electron chi connectivity index (χ3n) is 4.84. The van der Waals surface area contributed by atoms with Gasteiger partial charge in [-0.25, -0.2) is 0 Å². The zero-order chi connectivity index (χ0) is 20.9. The van der Waals surface area contributed by atoms with E-state index in [1.807, 2.05) is 48.5 Å². The van der Waals surface area contributed by atoms with E-state index in [-0.39, 0.29) is 5.25 Å². The molecule has 3 nitrogen and oxygen atoms in total. The molecule has 3 rings (SSSR count). The largest absolute Gasteiger partial charge is 0.454 e. The molecule has 5 heteroatoms. The number of hydrogen-bond acceptors (Lipinski definition) is 3. The molecule has 2 aromatic carbocycles. The Morgan fingerprint density at radius 3 is 2.34 bits per heavy atom. The van der Waals surface area contributed by atoms with Crippen LogP contribution in [-0.4, -0.2) is 22.0 Å². The molecular weight excluding hydrogens is 404 g/mol. The number of hydrogen-bond donors (Lipinski definition) is 0. The van der Waals surface area contributed by atoms with Gasteiger partial charge in [0.15, 0.2) is 11.5 Å². The average molecular weight is 437 g/mol. The van der Waals surface area contributed by atoms with Crippen molar-refractivity contribution in [3.8, 4) is 11.5 Å². The van der Waals surface area contributed by atoms with E-state index in [0.717, 1.165) is 35.1 Å². The summed E-state index contributed by atoms with van der Waals surface area (Å²) in [6.45, 7) is 4.61. The Morgan fingerprint density at radius 1 is 0.966 bits per heavy atom. The van der Waals surface area contributed by atoms with E-state index in [1.165, 1.54) is 37.7 Å². The second-order valence-electron chi connectivity index (χ2n) is 7.35. The highest BCUT2D eigenvalue weighted by Crippen LogP contribution is 2.33. The van der Waals surface area contributed by atoms with Crippen molar-refractivity contribution in [2.24, 2.45) is 0 Å². The summed E-state index contributed by atoms with van der Waals surface area (Å²) < 4.78 is 23.0. The van der Waals surface area contributed by atoms with E-state index in [1.54, 1.807) is 0 Å². The Balaban J connectivity index is 0.000000360. The molecule has 0 radical (unpaired) electrons. The Hall–Kier alpha value is -1.52. The SMILES string of the molecule is CCCCCCCCS(=O)C(C)Cc1ccc2c(c1)OCO2.Clc1ccccc1. The van der Waals surface area contributed by atoms with Crippen LogP contribution in [0.15, 0.2) is 48.5 Å². The summed E-state index contributed by atoms with van der Waals surface area (Å²) >= 11 is 5.54. The number of rotatable bonds is 10. The van der Waals surface area contributed by atoms with Crippen molar-refractivity contribution in [1.29, 1.82) is 0 Å². The van der Waals surface area contributed by atoms with Gasteiger partial charge in [0, 0.05) is 26.8 Å². The maximum absolute atomic E-state index is 12.3. The van der Waals surface area contributed by atoms with E-state index in [9.17, 15) is 4.21 Å². The Kier molecular flexibility index (Phi) is 11.2. The quantitative estimate of drug-likeness (QED) is 0.384. The van der Waals surface area contributed by atoms with Gasteiger partial charge in [0.2, 0.25) is 6.79 Å². The molecule has 0 bridgehead atoms. The Morgan fingerprint density at radius 2 is 1.66 bits per heavy atom. The normalized spacial score (nSPS) is 14.0. The lowest BCUT2D eigenvalue weighted by atomic mass is 10.1. The molecule has 1 heterocycles. The van der Waals surface area contributed by atoms with Gasteiger partial charge in [-0.1, -0.05) is 81.8 Å². The summed E-state index contributed by atoms with van der Waals surface area (Å²) in [6.07, 6.45) is 8.32. The van der Waals surface area contributed by atoms with Crippen LogP contribution in [0.5, 0.6) is 11.5 Å². The summed E-state index contributed by atoms with van der Waals surface area (Å²) in [7, 11) is -0.743. The fourth-order valence-corrected chi connectivity index (χ4v) is 4.55. The highest BCUT2D eigenvalue weighted by atomic mass is 35.5. The minimum atomic E-state index is -0.743. The first-order valence-electron chi connectivity index (χ1n) is 10.6. The first-order valence-corrected chi connectivity index (χ1v) is 12.3. The van der Waals surface area contributed by atoms with Crippen molar-refractivity contribution in [1.82, 2.24) is 0 Å². The van der Waals surface area contributed by atoms with Crippen LogP contribution >= 0.6 is 11.6 Å². The molecule has 0 spiro atoms. The zero-order valence-corrected chi connectivity index (χ0v) is 19.1. The van der Waals surface area contributed by atoms with Crippen LogP contribution in [0.1, 0.15) is 57.9 Å². The third kappa shape index (κ3) is 9.22. The molecule has 2 unspecified atom stereocenters. The van der Waals surface area contributed by atoms with Crippen molar-refractivity contribution in [2.45, 2.75) is 64.0 Å². The Labute approximate surface area is 183 Å². The third-order valence-corrected chi connectivity index (χ3v) is 6.85. The molecule has 0 aromatic heterocycles. The second-order valence-corrected chi connectivity index (χ2v) is 9.76. The van der Waals surface area contributed by atoms with Crippen molar-refractivity contribution >= 4 is 22.4 Å². The van der Waals surface area contributed by atoms with Crippen LogP contribution in [0.25, 0.3) is 0 Å². The average Bonchev–Trinajstić information content (AvgIpc) is 3.19. The van der Waals surface area contributed by atoms with E-state index in [0.29, 0.717) is 6.79 Å². The fraction of sp³-hybridized carbons (Fsp3) is 0.500. The number of ether oxygens (including phenoxy) is 2. The van der Waals surface area contributed by atoms with Gasteiger partial charge in [-0.05, 0) is 42.7 Å². The van der Waals surface area contributed by atoms with E-state index in [2.05, 4.69) is 13.8 Å². The summed E-state index contributed by atoms with van der Waals surface area (Å²) in [5, 5.41) is 0.985. The summed E-state index contributed by atoms with van der Waals surface area (Å²) in [5.74, 6) is 2.45. The highest BCUT2D eigenvalue weighted by Gasteiger charge is 2.16. The second kappa shape index (κ2) is 13.7. The molecule has 0 N–H and O–H groups in total. The monoisotopic (exact) mass is 436 g/mol. The van der Waals surface area contributed by atoms with E-state index >= 15 is 0 Å². The minimum Gasteiger partial charge on any atom is -0.454 e. The van der Waals surface area contributed by atoms with Crippen molar-refractivity contribution in [2.75, 3.05) is 12.5 Å². The maximum Gasteiger partial charge on any atom is 0.231 e. The van der Waals surface area contributed by atoms with Crippen LogP contribution in [0.3, 0.4) is 0 Å². The highest BCUT2D eigenvalue weighted by molar-refractivity contribution is 7.85. The van der Waals surface area contributed by atoms with Crippen LogP contribution < -0.4 is 9.47 Å². The van der Waals surface area contributed by atoms with Crippen molar-refractivity contribution in [3.05, 3.63) is 59.1 Å². The molecule has 0 saturated carbocycles. The fourth-order valence-electron chi connectivity index (χ4n) is 3.13. The lowest BCUT2D eigenvalue weighted by Gasteiger charge is -2.12. The summed E-state index contributed by atoms with van der Waals surface area (Å²) in [4.78, 5) is 0. The van der Waals surface area contributed by atoms with Gasteiger partial charge in [0.1, 0.15) is 0 Å². The molecule has 0 amide bonds. The van der Waals surface area contributed by atoms with Gasteiger partial charge in [0.25, 0.3) is 0 Å². The molecule has 0 saturated heterocycles. The number of halogens is 1. The van der Waals surface area contributed by atoms with Crippen LogP contribution in [0.4, 0.5) is 0 Å². The number of benzene rings is 2. The first-order chi connectivity index (χ1) is 14.1. The molecule has 160 valence electrons. The van der Waals surface area contributed by atoms with Crippen molar-refractivity contribution < 1.29 is 13.7 Å². The van der Waals surface area contributed by atoms with Crippen LogP contribution in [0.2, 0.25) is 5.02 Å². The molecule has 2 aromatic rings. The topological polar surface area (TPSA) is 35.5 Å². The van der Waals surface area contributed by atoms with Crippen LogP contribution in [-0.2, 0) is 17.2 Å². The van der Waals surface area contributed by atoms with Crippen molar-refractivity contribution in [3.63, 3.8) is 0 Å². The number of unbranched alkanes of at least 4 members (excludes halogenated alkanes) is 5. The first kappa shape index (κ1) is 23.8. The van der Waals surface area contributed by atoms with Gasteiger partial charge in [0.05, 0.1) is 0 Å². The van der Waals surface area contributed by atoms with Gasteiger partial charge in [-0.3, -0.25) is 4.21 Å². The molecule has 0 aliphatic carbocycles. The molecule has 2 atom stereocenters. The predicted octanol–water partition coefficient (Wildman–Crippen LogP) is 6.80. The van der Waals surface area contributed by atoms with Gasteiger partial charge >= 0.3 is 0 Å². The molecule has 1 aliphatic heterocycles. The molecule has 1 aliphatic rings. The Bertz CT molecular complexity index is 736. The van der Waals surface area contributed by atoms with Gasteiger partial charge in [-0.2, -0.15) is 0 Å². The lowest BCUT2D eigenvalue weighted by Crippen LogP contribution is -2.16. The lowest BCUT2D eigenvalue weighted by molar-refractivity contribution is 0.174. The maximum atomic E-state index is 12.3. The minimum absolute atomic E-state index is 0.191. The predicted molar refractivity (Wildman–Crippen MR) is 124 cm³/mol. The standard InChI is InChI=1S/C18H28O3S.C6H5Cl/c1-3-4-5-6-7-8-11-22(19)15(2)12-16-9-10-17-18(13-16)21-14-20-17;7-6-4-2-1-3-5-6/h9-10,13,15H,3-8,11-12,14H2,1-2H3;1-5H.